The maximum Gasteiger partial charge on any atom is 0.250 e. The number of pyridine rings is 1. The number of hydrogen-bond donors (Lipinski definition) is 0. The van der Waals surface area contributed by atoms with Crippen LogP contribution < -0.4 is 5.56 Å². The van der Waals surface area contributed by atoms with E-state index < -0.39 is 5.41 Å². The largest absolute Gasteiger partial charge is 0.342 e. The second kappa shape index (κ2) is 7.65. The lowest BCUT2D eigenvalue weighted by Gasteiger charge is -2.43. The molecule has 2 aromatic rings. The molecule has 3 aliphatic heterocycles. The van der Waals surface area contributed by atoms with Crippen LogP contribution >= 0.6 is 0 Å². The Kier molecular flexibility index (Phi) is 4.80. The summed E-state index contributed by atoms with van der Waals surface area (Å²) in [4.78, 5) is 56.2. The molecule has 0 N–H and O–H groups in total. The SMILES string of the molecule is Cc1ccccc1C1(CC(=O)N2C[C@H]3C[C@@H](C2)c2cccc(=O)n2C3)CC(=O)N(C2CC2)C1=O. The predicted octanol–water partition coefficient (Wildman–Crippen LogP) is 2.35. The number of benzene rings is 1. The van der Waals surface area contributed by atoms with E-state index in [9.17, 15) is 19.2 Å². The number of aromatic nitrogens is 1. The molecule has 34 heavy (non-hydrogen) atoms. The average Bonchev–Trinajstić information content (AvgIpc) is 3.61. The molecule has 7 heteroatoms. The highest BCUT2D eigenvalue weighted by atomic mass is 16.2. The molecule has 4 heterocycles. The fourth-order valence-corrected chi connectivity index (χ4v) is 6.49. The van der Waals surface area contributed by atoms with Gasteiger partial charge in [-0.25, -0.2) is 0 Å². The normalized spacial score (nSPS) is 28.3. The third-order valence-electron chi connectivity index (χ3n) is 8.21. The van der Waals surface area contributed by atoms with Crippen LogP contribution in [0.5, 0.6) is 0 Å². The van der Waals surface area contributed by atoms with E-state index in [1.807, 2.05) is 46.7 Å². The number of likely N-dealkylation sites (tertiary alicyclic amines) is 2. The minimum Gasteiger partial charge on any atom is -0.342 e. The van der Waals surface area contributed by atoms with E-state index in [1.54, 1.807) is 12.1 Å². The van der Waals surface area contributed by atoms with E-state index >= 15 is 0 Å². The molecular weight excluding hydrogens is 430 g/mol. The van der Waals surface area contributed by atoms with Crippen molar-refractivity contribution in [1.29, 1.82) is 0 Å². The molecule has 3 fully saturated rings. The molecule has 3 amide bonds. The molecule has 1 aliphatic carbocycles. The smallest absolute Gasteiger partial charge is 0.250 e. The van der Waals surface area contributed by atoms with E-state index in [-0.39, 0.29) is 54.0 Å². The predicted molar refractivity (Wildman–Crippen MR) is 125 cm³/mol. The van der Waals surface area contributed by atoms with Crippen molar-refractivity contribution in [2.75, 3.05) is 13.1 Å². The van der Waals surface area contributed by atoms with Crippen molar-refractivity contribution in [3.05, 3.63) is 69.6 Å². The lowest BCUT2D eigenvalue weighted by molar-refractivity contribution is -0.144. The lowest BCUT2D eigenvalue weighted by Crippen LogP contribution is -2.51. The molecule has 2 bridgehead atoms. The number of imide groups is 1. The average molecular weight is 460 g/mol. The van der Waals surface area contributed by atoms with Crippen LogP contribution in [0.4, 0.5) is 0 Å². The minimum absolute atomic E-state index is 0.00663. The summed E-state index contributed by atoms with van der Waals surface area (Å²) in [6.07, 6.45) is 2.72. The standard InChI is InChI=1S/C27H29N3O4/c1-17-5-2-3-6-21(17)27(13-25(33)30(26(27)34)20-9-10-20)12-24(32)28-14-18-11-19(16-28)22-7-4-8-23(31)29(22)15-18/h2-8,18-20H,9-16H2,1H3/t18-,19+,27?/m1/s1. The summed E-state index contributed by atoms with van der Waals surface area (Å²) in [5.74, 6) is -0.121. The van der Waals surface area contributed by atoms with Gasteiger partial charge in [-0.05, 0) is 49.3 Å². The summed E-state index contributed by atoms with van der Waals surface area (Å²) in [5, 5.41) is 0. The number of piperidine rings is 1. The molecule has 1 saturated carbocycles. The maximum absolute atomic E-state index is 13.8. The van der Waals surface area contributed by atoms with Gasteiger partial charge < -0.3 is 9.47 Å². The maximum atomic E-state index is 13.8. The van der Waals surface area contributed by atoms with Gasteiger partial charge in [-0.1, -0.05) is 30.3 Å². The molecule has 176 valence electrons. The number of aryl methyl sites for hydroxylation is 1. The first kappa shape index (κ1) is 21.3. The second-order valence-electron chi connectivity index (χ2n) is 10.5. The summed E-state index contributed by atoms with van der Waals surface area (Å²) in [6, 6.07) is 13.0. The van der Waals surface area contributed by atoms with Crippen LogP contribution in [0.1, 0.15) is 54.8 Å². The molecule has 4 aliphatic rings. The first-order valence-corrected chi connectivity index (χ1v) is 12.3. The van der Waals surface area contributed by atoms with Crippen LogP contribution in [0.3, 0.4) is 0 Å². The molecule has 1 aromatic carbocycles. The van der Waals surface area contributed by atoms with Gasteiger partial charge >= 0.3 is 0 Å². The number of rotatable bonds is 4. The van der Waals surface area contributed by atoms with Gasteiger partial charge in [0.15, 0.2) is 0 Å². The van der Waals surface area contributed by atoms with Gasteiger partial charge in [0.05, 0.1) is 5.41 Å². The zero-order valence-corrected chi connectivity index (χ0v) is 19.4. The zero-order chi connectivity index (χ0) is 23.6. The van der Waals surface area contributed by atoms with Gasteiger partial charge in [-0.2, -0.15) is 0 Å². The van der Waals surface area contributed by atoms with Gasteiger partial charge in [0.25, 0.3) is 5.56 Å². The van der Waals surface area contributed by atoms with Crippen LogP contribution in [-0.4, -0.2) is 51.2 Å². The van der Waals surface area contributed by atoms with E-state index in [0.29, 0.717) is 19.6 Å². The van der Waals surface area contributed by atoms with Crippen LogP contribution in [0, 0.1) is 12.8 Å². The Hall–Kier alpha value is -3.22. The van der Waals surface area contributed by atoms with Crippen LogP contribution in [0.25, 0.3) is 0 Å². The van der Waals surface area contributed by atoms with Gasteiger partial charge in [-0.3, -0.25) is 24.1 Å². The van der Waals surface area contributed by atoms with Crippen molar-refractivity contribution in [3.63, 3.8) is 0 Å². The summed E-state index contributed by atoms with van der Waals surface area (Å²) >= 11 is 0. The highest BCUT2D eigenvalue weighted by molar-refractivity contribution is 6.11. The summed E-state index contributed by atoms with van der Waals surface area (Å²) in [7, 11) is 0. The van der Waals surface area contributed by atoms with Crippen LogP contribution in [-0.2, 0) is 26.3 Å². The third kappa shape index (κ3) is 3.24. The first-order chi connectivity index (χ1) is 16.4. The Balaban J connectivity index is 1.32. The molecule has 0 spiro atoms. The first-order valence-electron chi connectivity index (χ1n) is 12.3. The summed E-state index contributed by atoms with van der Waals surface area (Å²) in [6.45, 7) is 3.68. The highest BCUT2D eigenvalue weighted by Crippen LogP contribution is 2.46. The summed E-state index contributed by atoms with van der Waals surface area (Å²) < 4.78 is 1.85. The number of amides is 3. The van der Waals surface area contributed by atoms with E-state index in [1.165, 1.54) is 4.90 Å². The van der Waals surface area contributed by atoms with Gasteiger partial charge in [0, 0.05) is 56.2 Å². The molecule has 6 rings (SSSR count). The fourth-order valence-electron chi connectivity index (χ4n) is 6.49. The lowest BCUT2D eigenvalue weighted by atomic mass is 9.73. The molecule has 2 saturated heterocycles. The van der Waals surface area contributed by atoms with Crippen molar-refractivity contribution in [3.8, 4) is 0 Å². The number of carbonyl (C=O) groups excluding carboxylic acids is 3. The third-order valence-corrected chi connectivity index (χ3v) is 8.21. The van der Waals surface area contributed by atoms with Crippen molar-refractivity contribution in [2.24, 2.45) is 5.92 Å². The monoisotopic (exact) mass is 459 g/mol. The Morgan fingerprint density at radius 3 is 2.56 bits per heavy atom. The molecular formula is C27H29N3O4. The topological polar surface area (TPSA) is 79.7 Å². The van der Waals surface area contributed by atoms with Crippen molar-refractivity contribution in [1.82, 2.24) is 14.4 Å². The minimum atomic E-state index is -1.14. The molecule has 3 atom stereocenters. The van der Waals surface area contributed by atoms with Crippen LogP contribution in [0.2, 0.25) is 0 Å². The van der Waals surface area contributed by atoms with E-state index in [2.05, 4.69) is 0 Å². The van der Waals surface area contributed by atoms with Gasteiger partial charge in [-0.15, -0.1) is 0 Å². The van der Waals surface area contributed by atoms with Crippen molar-refractivity contribution >= 4 is 17.7 Å². The van der Waals surface area contributed by atoms with Crippen molar-refractivity contribution < 1.29 is 14.4 Å². The Morgan fingerprint density at radius 1 is 1.00 bits per heavy atom. The van der Waals surface area contributed by atoms with Crippen molar-refractivity contribution in [2.45, 2.75) is 62.9 Å². The molecule has 7 nitrogen and oxygen atoms in total. The second-order valence-corrected chi connectivity index (χ2v) is 10.5. The van der Waals surface area contributed by atoms with E-state index in [0.717, 1.165) is 36.1 Å². The highest BCUT2D eigenvalue weighted by Gasteiger charge is 2.57. The van der Waals surface area contributed by atoms with Gasteiger partial charge in [0.1, 0.15) is 0 Å². The molecule has 0 radical (unpaired) electrons. The Bertz CT molecular complexity index is 1260. The Labute approximate surface area is 198 Å². The number of carbonyl (C=O) groups is 3. The molecule has 1 aromatic heterocycles. The number of nitrogens with zero attached hydrogens (tertiary/aromatic N) is 3. The van der Waals surface area contributed by atoms with E-state index in [4.69, 9.17) is 0 Å². The number of hydrogen-bond acceptors (Lipinski definition) is 4. The fraction of sp³-hybridized carbons (Fsp3) is 0.481. The van der Waals surface area contributed by atoms with Gasteiger partial charge in [0.2, 0.25) is 17.7 Å². The molecule has 1 unspecified atom stereocenters. The zero-order valence-electron chi connectivity index (χ0n) is 19.4. The Morgan fingerprint density at radius 2 is 1.79 bits per heavy atom. The quantitative estimate of drug-likeness (QED) is 0.658. The van der Waals surface area contributed by atoms with Crippen LogP contribution in [0.15, 0.2) is 47.3 Å². The summed E-state index contributed by atoms with van der Waals surface area (Å²) in [5.41, 5.74) is 1.59. The number of fused-ring (bicyclic) bond motifs is 4.